The van der Waals surface area contributed by atoms with Crippen LogP contribution in [0.4, 0.5) is 0 Å². The molecule has 1 rings (SSSR count). The van der Waals surface area contributed by atoms with E-state index >= 15 is 0 Å². The summed E-state index contributed by atoms with van der Waals surface area (Å²) in [6, 6.07) is 0. The SMILES string of the molecule is O=C1CCCC(/C=N/O)=C1O. The van der Waals surface area contributed by atoms with E-state index in [2.05, 4.69) is 5.16 Å². The lowest BCUT2D eigenvalue weighted by Gasteiger charge is -2.10. The minimum absolute atomic E-state index is 0.256. The molecule has 0 radical (unpaired) electrons. The molecule has 0 saturated heterocycles. The first kappa shape index (κ1) is 7.78. The summed E-state index contributed by atoms with van der Waals surface area (Å²) < 4.78 is 0. The molecule has 11 heavy (non-hydrogen) atoms. The van der Waals surface area contributed by atoms with E-state index in [0.717, 1.165) is 6.21 Å². The quantitative estimate of drug-likeness (QED) is 0.337. The minimum atomic E-state index is -0.272. The maximum absolute atomic E-state index is 10.8. The van der Waals surface area contributed by atoms with Gasteiger partial charge in [0, 0.05) is 12.0 Å². The normalized spacial score (nSPS) is 19.8. The van der Waals surface area contributed by atoms with E-state index in [4.69, 9.17) is 10.3 Å². The number of ketones is 1. The molecule has 0 spiro atoms. The molecule has 0 aromatic heterocycles. The first-order chi connectivity index (χ1) is 5.25. The average molecular weight is 155 g/mol. The summed E-state index contributed by atoms with van der Waals surface area (Å²) in [7, 11) is 0. The predicted molar refractivity (Wildman–Crippen MR) is 38.8 cm³/mol. The van der Waals surface area contributed by atoms with Gasteiger partial charge in [0.25, 0.3) is 0 Å². The van der Waals surface area contributed by atoms with Gasteiger partial charge in [-0.15, -0.1) is 0 Å². The number of carbonyl (C=O) groups is 1. The molecular formula is C7H9NO3. The Bertz CT molecular complexity index is 230. The molecular weight excluding hydrogens is 146 g/mol. The highest BCUT2D eigenvalue weighted by Gasteiger charge is 2.17. The van der Waals surface area contributed by atoms with Gasteiger partial charge < -0.3 is 10.3 Å². The standard InChI is InChI=1S/C7H9NO3/c9-6-3-1-2-5(4-8-11)7(6)10/h4,10-11H,1-3H2/b8-4+. The Morgan fingerprint density at radius 2 is 2.18 bits per heavy atom. The van der Waals surface area contributed by atoms with E-state index in [-0.39, 0.29) is 11.5 Å². The number of hydrogen-bond acceptors (Lipinski definition) is 4. The molecule has 0 saturated carbocycles. The van der Waals surface area contributed by atoms with Gasteiger partial charge in [-0.3, -0.25) is 4.79 Å². The van der Waals surface area contributed by atoms with Crippen LogP contribution < -0.4 is 0 Å². The van der Waals surface area contributed by atoms with Gasteiger partial charge in [0.15, 0.2) is 11.5 Å². The van der Waals surface area contributed by atoms with Crippen molar-refractivity contribution in [3.05, 3.63) is 11.3 Å². The lowest BCUT2D eigenvalue weighted by molar-refractivity contribution is -0.118. The Hall–Kier alpha value is -1.32. The molecule has 0 fully saturated rings. The van der Waals surface area contributed by atoms with Crippen molar-refractivity contribution in [2.45, 2.75) is 19.3 Å². The molecule has 0 bridgehead atoms. The summed E-state index contributed by atoms with van der Waals surface area (Å²) >= 11 is 0. The van der Waals surface area contributed by atoms with Crippen LogP contribution in [-0.4, -0.2) is 22.3 Å². The van der Waals surface area contributed by atoms with Gasteiger partial charge >= 0.3 is 0 Å². The van der Waals surface area contributed by atoms with Crippen LogP contribution in [0.1, 0.15) is 19.3 Å². The summed E-state index contributed by atoms with van der Waals surface area (Å²) in [4.78, 5) is 10.8. The smallest absolute Gasteiger partial charge is 0.197 e. The topological polar surface area (TPSA) is 69.9 Å². The number of oxime groups is 1. The number of aliphatic hydroxyl groups excluding tert-OH is 1. The van der Waals surface area contributed by atoms with Crippen molar-refractivity contribution >= 4 is 12.0 Å². The molecule has 0 aliphatic heterocycles. The van der Waals surface area contributed by atoms with Gasteiger partial charge in [0.1, 0.15) is 0 Å². The molecule has 0 amide bonds. The first-order valence-corrected chi connectivity index (χ1v) is 3.38. The van der Waals surface area contributed by atoms with Gasteiger partial charge in [-0.25, -0.2) is 0 Å². The average Bonchev–Trinajstić information content (AvgIpc) is 1.99. The van der Waals surface area contributed by atoms with Crippen molar-refractivity contribution in [1.29, 1.82) is 0 Å². The summed E-state index contributed by atoms with van der Waals surface area (Å²) in [6.45, 7) is 0. The number of nitrogens with zero attached hydrogens (tertiary/aromatic N) is 1. The highest BCUT2D eigenvalue weighted by Crippen LogP contribution is 2.18. The highest BCUT2D eigenvalue weighted by molar-refractivity contribution is 6.00. The van der Waals surface area contributed by atoms with Crippen LogP contribution in [0.25, 0.3) is 0 Å². The van der Waals surface area contributed by atoms with Crippen LogP contribution in [0.2, 0.25) is 0 Å². The van der Waals surface area contributed by atoms with E-state index in [9.17, 15) is 4.79 Å². The van der Waals surface area contributed by atoms with Gasteiger partial charge in [-0.2, -0.15) is 0 Å². The molecule has 0 heterocycles. The monoisotopic (exact) mass is 155 g/mol. The molecule has 1 aliphatic rings. The van der Waals surface area contributed by atoms with E-state index in [0.29, 0.717) is 24.8 Å². The zero-order valence-corrected chi connectivity index (χ0v) is 5.95. The Morgan fingerprint density at radius 3 is 2.82 bits per heavy atom. The predicted octanol–water partition coefficient (Wildman–Crippen LogP) is 1.01. The molecule has 0 aromatic rings. The first-order valence-electron chi connectivity index (χ1n) is 3.38. The van der Waals surface area contributed by atoms with Crippen LogP contribution >= 0.6 is 0 Å². The number of allylic oxidation sites excluding steroid dienone is 2. The third-order valence-electron chi connectivity index (χ3n) is 1.63. The fraction of sp³-hybridized carbons (Fsp3) is 0.429. The third kappa shape index (κ3) is 1.58. The van der Waals surface area contributed by atoms with Crippen LogP contribution in [0.5, 0.6) is 0 Å². The second kappa shape index (κ2) is 3.18. The van der Waals surface area contributed by atoms with Crippen LogP contribution in [0.15, 0.2) is 16.5 Å². The van der Waals surface area contributed by atoms with Crippen LogP contribution in [0.3, 0.4) is 0 Å². The maximum Gasteiger partial charge on any atom is 0.197 e. The third-order valence-corrected chi connectivity index (χ3v) is 1.63. The fourth-order valence-electron chi connectivity index (χ4n) is 1.05. The number of aliphatic hydroxyl groups is 1. The van der Waals surface area contributed by atoms with E-state index in [1.165, 1.54) is 0 Å². The Morgan fingerprint density at radius 1 is 1.45 bits per heavy atom. The Kier molecular flexibility index (Phi) is 2.25. The van der Waals surface area contributed by atoms with Crippen molar-refractivity contribution in [2.75, 3.05) is 0 Å². The molecule has 4 nitrogen and oxygen atoms in total. The Labute approximate surface area is 63.8 Å². The lowest BCUT2D eigenvalue weighted by atomic mass is 9.98. The van der Waals surface area contributed by atoms with Crippen molar-refractivity contribution in [2.24, 2.45) is 5.16 Å². The van der Waals surface area contributed by atoms with Gasteiger partial charge in [0.05, 0.1) is 6.21 Å². The molecule has 60 valence electrons. The zero-order valence-electron chi connectivity index (χ0n) is 5.95. The number of carbonyl (C=O) groups excluding carboxylic acids is 1. The van der Waals surface area contributed by atoms with Crippen molar-refractivity contribution in [1.82, 2.24) is 0 Å². The number of Topliss-reactive ketones (excluding diaryl/α,β-unsaturated/α-hetero) is 1. The Balaban J connectivity index is 2.88. The van der Waals surface area contributed by atoms with Gasteiger partial charge in [-0.05, 0) is 12.8 Å². The van der Waals surface area contributed by atoms with Crippen LogP contribution in [0, 0.1) is 0 Å². The second-order valence-electron chi connectivity index (χ2n) is 2.40. The summed E-state index contributed by atoms with van der Waals surface area (Å²) in [5.41, 5.74) is 0.420. The molecule has 0 atom stereocenters. The number of hydrogen-bond donors (Lipinski definition) is 2. The number of rotatable bonds is 1. The molecule has 2 N–H and O–H groups in total. The summed E-state index contributed by atoms with van der Waals surface area (Å²) in [5.74, 6) is -0.528. The molecule has 0 unspecified atom stereocenters. The van der Waals surface area contributed by atoms with Crippen molar-refractivity contribution < 1.29 is 15.1 Å². The lowest BCUT2D eigenvalue weighted by Crippen LogP contribution is -2.11. The maximum atomic E-state index is 10.8. The second-order valence-corrected chi connectivity index (χ2v) is 2.40. The van der Waals surface area contributed by atoms with E-state index in [1.807, 2.05) is 0 Å². The molecule has 4 heteroatoms. The van der Waals surface area contributed by atoms with Gasteiger partial charge in [0.2, 0.25) is 0 Å². The fourth-order valence-corrected chi connectivity index (χ4v) is 1.05. The van der Waals surface area contributed by atoms with Crippen molar-refractivity contribution in [3.63, 3.8) is 0 Å². The highest BCUT2D eigenvalue weighted by atomic mass is 16.4. The minimum Gasteiger partial charge on any atom is -0.504 e. The molecule has 1 aliphatic carbocycles. The van der Waals surface area contributed by atoms with E-state index in [1.54, 1.807) is 0 Å². The van der Waals surface area contributed by atoms with Gasteiger partial charge in [-0.1, -0.05) is 5.16 Å². The molecule has 0 aromatic carbocycles. The summed E-state index contributed by atoms with van der Waals surface area (Å²) in [6.07, 6.45) is 2.80. The summed E-state index contributed by atoms with van der Waals surface area (Å²) in [5, 5.41) is 20.0. The van der Waals surface area contributed by atoms with Crippen LogP contribution in [-0.2, 0) is 4.79 Å². The largest absolute Gasteiger partial charge is 0.504 e. The zero-order chi connectivity index (χ0) is 8.27. The van der Waals surface area contributed by atoms with Crippen molar-refractivity contribution in [3.8, 4) is 0 Å². The van der Waals surface area contributed by atoms with E-state index < -0.39 is 0 Å².